The van der Waals surface area contributed by atoms with Crippen molar-refractivity contribution in [3.05, 3.63) is 29.3 Å². The fourth-order valence-electron chi connectivity index (χ4n) is 2.62. The van der Waals surface area contributed by atoms with Gasteiger partial charge in [0.2, 0.25) is 0 Å². The molecule has 1 fully saturated rings. The third kappa shape index (κ3) is 4.04. The maximum atomic E-state index is 3.52. The van der Waals surface area contributed by atoms with Crippen LogP contribution in [0.4, 0.5) is 5.69 Å². The van der Waals surface area contributed by atoms with Crippen molar-refractivity contribution in [2.75, 3.05) is 31.5 Å². The van der Waals surface area contributed by atoms with Gasteiger partial charge in [0.05, 0.1) is 0 Å². The van der Waals surface area contributed by atoms with E-state index in [1.807, 2.05) is 0 Å². The van der Waals surface area contributed by atoms with E-state index >= 15 is 0 Å². The molecule has 17 heavy (non-hydrogen) atoms. The number of nitrogens with zero attached hydrogens (tertiary/aromatic N) is 1. The van der Waals surface area contributed by atoms with Crippen molar-refractivity contribution in [2.45, 2.75) is 33.1 Å². The Morgan fingerprint density at radius 1 is 1.06 bits per heavy atom. The van der Waals surface area contributed by atoms with Crippen LogP contribution in [0, 0.1) is 13.8 Å². The van der Waals surface area contributed by atoms with E-state index in [0.29, 0.717) is 0 Å². The third-order valence-electron chi connectivity index (χ3n) is 3.40. The van der Waals surface area contributed by atoms with Crippen LogP contribution in [-0.2, 0) is 0 Å². The van der Waals surface area contributed by atoms with Crippen LogP contribution in [0.25, 0.3) is 0 Å². The molecule has 0 saturated carbocycles. The highest BCUT2D eigenvalue weighted by atomic mass is 15.1. The summed E-state index contributed by atoms with van der Waals surface area (Å²) in [6, 6.07) is 6.67. The minimum Gasteiger partial charge on any atom is -0.385 e. The average molecular weight is 232 g/mol. The standard InChI is InChI=1S/C15H24N2/c1-13-10-14(2)12-15(11-13)16-6-5-9-17-7-3-4-8-17/h10-12,16H,3-9H2,1-2H3. The molecule has 0 unspecified atom stereocenters. The van der Waals surface area contributed by atoms with E-state index in [4.69, 9.17) is 0 Å². The lowest BCUT2D eigenvalue weighted by Crippen LogP contribution is -2.22. The fourth-order valence-corrected chi connectivity index (χ4v) is 2.62. The Morgan fingerprint density at radius 3 is 2.35 bits per heavy atom. The molecular weight excluding hydrogens is 208 g/mol. The van der Waals surface area contributed by atoms with E-state index in [-0.39, 0.29) is 0 Å². The third-order valence-corrected chi connectivity index (χ3v) is 3.40. The molecule has 94 valence electrons. The van der Waals surface area contributed by atoms with Crippen molar-refractivity contribution < 1.29 is 0 Å². The number of aryl methyl sites for hydroxylation is 2. The van der Waals surface area contributed by atoms with Gasteiger partial charge in [0.1, 0.15) is 0 Å². The van der Waals surface area contributed by atoms with Gasteiger partial charge in [-0.25, -0.2) is 0 Å². The highest BCUT2D eigenvalue weighted by Crippen LogP contribution is 2.14. The second-order valence-electron chi connectivity index (χ2n) is 5.21. The molecular formula is C15H24N2. The maximum absolute atomic E-state index is 3.52. The zero-order valence-corrected chi connectivity index (χ0v) is 11.1. The number of hydrogen-bond donors (Lipinski definition) is 1. The summed E-state index contributed by atoms with van der Waals surface area (Å²) < 4.78 is 0. The zero-order chi connectivity index (χ0) is 12.1. The number of nitrogens with one attached hydrogen (secondary N) is 1. The summed E-state index contributed by atoms with van der Waals surface area (Å²) in [4.78, 5) is 2.57. The van der Waals surface area contributed by atoms with Gasteiger partial charge in [-0.1, -0.05) is 6.07 Å². The van der Waals surface area contributed by atoms with E-state index in [1.165, 1.54) is 55.7 Å². The molecule has 1 aliphatic heterocycles. The maximum Gasteiger partial charge on any atom is 0.0345 e. The first-order valence-corrected chi connectivity index (χ1v) is 6.78. The van der Waals surface area contributed by atoms with Crippen LogP contribution in [0.2, 0.25) is 0 Å². The Labute approximate surface area is 105 Å². The highest BCUT2D eigenvalue weighted by molar-refractivity contribution is 5.48. The van der Waals surface area contributed by atoms with Gasteiger partial charge >= 0.3 is 0 Å². The largest absolute Gasteiger partial charge is 0.385 e. The molecule has 2 nitrogen and oxygen atoms in total. The Kier molecular flexibility index (Phi) is 4.43. The molecule has 2 rings (SSSR count). The van der Waals surface area contributed by atoms with Gasteiger partial charge in [-0.15, -0.1) is 0 Å². The van der Waals surface area contributed by atoms with Gasteiger partial charge in [-0.2, -0.15) is 0 Å². The van der Waals surface area contributed by atoms with Crippen molar-refractivity contribution in [1.82, 2.24) is 4.90 Å². The van der Waals surface area contributed by atoms with Gasteiger partial charge in [0.15, 0.2) is 0 Å². The second kappa shape index (κ2) is 6.06. The predicted octanol–water partition coefficient (Wildman–Crippen LogP) is 3.20. The summed E-state index contributed by atoms with van der Waals surface area (Å²) in [5.74, 6) is 0. The molecule has 0 atom stereocenters. The topological polar surface area (TPSA) is 15.3 Å². The van der Waals surface area contributed by atoms with Crippen molar-refractivity contribution >= 4 is 5.69 Å². The molecule has 1 aromatic carbocycles. The molecule has 0 aliphatic carbocycles. The smallest absolute Gasteiger partial charge is 0.0345 e. The molecule has 0 bridgehead atoms. The van der Waals surface area contributed by atoms with E-state index < -0.39 is 0 Å². The second-order valence-corrected chi connectivity index (χ2v) is 5.21. The van der Waals surface area contributed by atoms with Crippen molar-refractivity contribution in [1.29, 1.82) is 0 Å². The van der Waals surface area contributed by atoms with Gasteiger partial charge in [0, 0.05) is 12.2 Å². The van der Waals surface area contributed by atoms with Gasteiger partial charge < -0.3 is 10.2 Å². The molecule has 2 heteroatoms. The highest BCUT2D eigenvalue weighted by Gasteiger charge is 2.09. The number of anilines is 1. The minimum atomic E-state index is 1.08. The normalized spacial score (nSPS) is 16.4. The SMILES string of the molecule is Cc1cc(C)cc(NCCCN2CCCC2)c1. The van der Waals surface area contributed by atoms with Crippen LogP contribution in [0.1, 0.15) is 30.4 Å². The molecule has 1 aliphatic rings. The first-order valence-electron chi connectivity index (χ1n) is 6.78. The monoisotopic (exact) mass is 232 g/mol. The molecule has 1 aromatic rings. The first-order chi connectivity index (χ1) is 8.24. The van der Waals surface area contributed by atoms with Crippen LogP contribution >= 0.6 is 0 Å². The minimum absolute atomic E-state index is 1.08. The van der Waals surface area contributed by atoms with Crippen LogP contribution in [0.3, 0.4) is 0 Å². The van der Waals surface area contributed by atoms with Crippen molar-refractivity contribution in [3.8, 4) is 0 Å². The predicted molar refractivity (Wildman–Crippen MR) is 74.7 cm³/mol. The van der Waals surface area contributed by atoms with E-state index in [2.05, 4.69) is 42.3 Å². The Bertz CT molecular complexity index is 334. The van der Waals surface area contributed by atoms with Crippen LogP contribution in [-0.4, -0.2) is 31.1 Å². The van der Waals surface area contributed by atoms with Crippen LogP contribution in [0.15, 0.2) is 18.2 Å². The molecule has 1 N–H and O–H groups in total. The van der Waals surface area contributed by atoms with Crippen molar-refractivity contribution in [3.63, 3.8) is 0 Å². The summed E-state index contributed by atoms with van der Waals surface area (Å²) in [5.41, 5.74) is 3.95. The van der Waals surface area contributed by atoms with Gasteiger partial charge in [-0.3, -0.25) is 0 Å². The molecule has 0 radical (unpaired) electrons. The fraction of sp³-hybridized carbons (Fsp3) is 0.600. The number of benzene rings is 1. The Hall–Kier alpha value is -1.02. The summed E-state index contributed by atoms with van der Waals surface area (Å²) in [7, 11) is 0. The molecule has 0 spiro atoms. The first kappa shape index (κ1) is 12.4. The lowest BCUT2D eigenvalue weighted by Gasteiger charge is -2.15. The quantitative estimate of drug-likeness (QED) is 0.784. The number of likely N-dealkylation sites (tertiary alicyclic amines) is 1. The van der Waals surface area contributed by atoms with Gasteiger partial charge in [-0.05, 0) is 76.0 Å². The van der Waals surface area contributed by atoms with E-state index in [9.17, 15) is 0 Å². The van der Waals surface area contributed by atoms with E-state index in [0.717, 1.165) is 6.54 Å². The number of rotatable bonds is 5. The lowest BCUT2D eigenvalue weighted by molar-refractivity contribution is 0.337. The Morgan fingerprint density at radius 2 is 1.71 bits per heavy atom. The lowest BCUT2D eigenvalue weighted by atomic mass is 10.1. The van der Waals surface area contributed by atoms with Crippen LogP contribution in [0.5, 0.6) is 0 Å². The van der Waals surface area contributed by atoms with Gasteiger partial charge in [0.25, 0.3) is 0 Å². The summed E-state index contributed by atoms with van der Waals surface area (Å²) >= 11 is 0. The van der Waals surface area contributed by atoms with Crippen LogP contribution < -0.4 is 5.32 Å². The summed E-state index contributed by atoms with van der Waals surface area (Å²) in [5, 5.41) is 3.52. The zero-order valence-electron chi connectivity index (χ0n) is 11.1. The molecule has 1 saturated heterocycles. The van der Waals surface area contributed by atoms with Crippen molar-refractivity contribution in [2.24, 2.45) is 0 Å². The molecule has 0 aromatic heterocycles. The molecule has 0 amide bonds. The summed E-state index contributed by atoms with van der Waals surface area (Å²) in [6.07, 6.45) is 4.03. The Balaban J connectivity index is 1.70. The van der Waals surface area contributed by atoms with E-state index in [1.54, 1.807) is 0 Å². The number of hydrogen-bond acceptors (Lipinski definition) is 2. The summed E-state index contributed by atoms with van der Waals surface area (Å²) in [6.45, 7) is 9.26. The molecule has 1 heterocycles. The average Bonchev–Trinajstić information content (AvgIpc) is 2.76.